The predicted molar refractivity (Wildman–Crippen MR) is 143 cm³/mol. The van der Waals surface area contributed by atoms with E-state index >= 15 is 0 Å². The fourth-order valence-corrected chi connectivity index (χ4v) is 4.10. The highest BCUT2D eigenvalue weighted by Crippen LogP contribution is 2.28. The largest absolute Gasteiger partial charge is 0.444 e. The molecule has 0 aliphatic rings. The summed E-state index contributed by atoms with van der Waals surface area (Å²) in [7, 11) is 0. The Morgan fingerprint density at radius 2 is 1.54 bits per heavy atom. The van der Waals surface area contributed by atoms with Crippen molar-refractivity contribution in [1.29, 1.82) is 0 Å². The molecule has 7 nitrogen and oxygen atoms in total. The number of hydrogen-bond acceptors (Lipinski definition) is 5. The standard InChI is InChI=1S/C27H37N3O4S/c1-8-30(25(32)21(16-35)28-26(33)34-27(5,6)7)23(20-15-10-9-12-17(20)2)24(31)29-22-18(3)13-11-14-19(22)4/h9-15,21,23,35H,8,16H2,1-7H3,(H,28,33)(H,29,31). The van der Waals surface area contributed by atoms with Gasteiger partial charge in [-0.25, -0.2) is 4.79 Å². The normalized spacial score (nSPS) is 12.9. The molecular formula is C27H37N3O4S. The van der Waals surface area contributed by atoms with Crippen molar-refractivity contribution in [2.45, 2.75) is 66.2 Å². The fraction of sp³-hybridized carbons (Fsp3) is 0.444. The molecule has 3 amide bonds. The van der Waals surface area contributed by atoms with Gasteiger partial charge in [-0.05, 0) is 70.7 Å². The topological polar surface area (TPSA) is 87.7 Å². The molecule has 0 spiro atoms. The number of carbonyl (C=O) groups is 3. The number of thiol groups is 1. The molecule has 2 unspecified atom stereocenters. The Bertz CT molecular complexity index is 1040. The summed E-state index contributed by atoms with van der Waals surface area (Å²) in [6.45, 7) is 13.0. The van der Waals surface area contributed by atoms with Crippen LogP contribution in [0.15, 0.2) is 42.5 Å². The first kappa shape index (κ1) is 28.2. The first-order valence-electron chi connectivity index (χ1n) is 11.7. The van der Waals surface area contributed by atoms with E-state index < -0.39 is 29.7 Å². The predicted octanol–water partition coefficient (Wildman–Crippen LogP) is 4.96. The molecule has 0 saturated heterocycles. The van der Waals surface area contributed by atoms with Crippen molar-refractivity contribution in [3.05, 3.63) is 64.7 Å². The van der Waals surface area contributed by atoms with Crippen molar-refractivity contribution in [2.24, 2.45) is 0 Å². The smallest absolute Gasteiger partial charge is 0.408 e. The van der Waals surface area contributed by atoms with Gasteiger partial charge >= 0.3 is 6.09 Å². The number of carbonyl (C=O) groups excluding carboxylic acids is 3. The quantitative estimate of drug-likeness (QED) is 0.448. The van der Waals surface area contributed by atoms with Crippen LogP contribution in [-0.2, 0) is 14.3 Å². The summed E-state index contributed by atoms with van der Waals surface area (Å²) < 4.78 is 5.32. The first-order valence-corrected chi connectivity index (χ1v) is 12.4. The van der Waals surface area contributed by atoms with Crippen molar-refractivity contribution < 1.29 is 19.1 Å². The summed E-state index contributed by atoms with van der Waals surface area (Å²) in [5.41, 5.74) is 3.45. The highest BCUT2D eigenvalue weighted by Gasteiger charge is 2.36. The summed E-state index contributed by atoms with van der Waals surface area (Å²) in [6.07, 6.45) is -0.714. The number of nitrogens with zero attached hydrogens (tertiary/aromatic N) is 1. The van der Waals surface area contributed by atoms with Gasteiger partial charge in [-0.1, -0.05) is 42.5 Å². The maximum absolute atomic E-state index is 13.8. The molecule has 0 aromatic heterocycles. The van der Waals surface area contributed by atoms with Crippen LogP contribution in [0.1, 0.15) is 56.0 Å². The zero-order chi connectivity index (χ0) is 26.3. The third kappa shape index (κ3) is 7.49. The Morgan fingerprint density at radius 1 is 0.971 bits per heavy atom. The zero-order valence-corrected chi connectivity index (χ0v) is 22.5. The SMILES string of the molecule is CCN(C(=O)C(CS)NC(=O)OC(C)(C)C)C(C(=O)Nc1c(C)cccc1C)c1ccccc1C. The van der Waals surface area contributed by atoms with Gasteiger partial charge in [0.15, 0.2) is 0 Å². The van der Waals surface area contributed by atoms with Crippen LogP contribution in [0, 0.1) is 20.8 Å². The number of para-hydroxylation sites is 1. The number of benzene rings is 2. The number of alkyl carbamates (subject to hydrolysis) is 1. The highest BCUT2D eigenvalue weighted by molar-refractivity contribution is 7.80. The Hall–Kier alpha value is -3.00. The average molecular weight is 500 g/mol. The number of nitrogens with one attached hydrogen (secondary N) is 2. The summed E-state index contributed by atoms with van der Waals surface area (Å²) in [5, 5.41) is 5.64. The molecule has 2 N–H and O–H groups in total. The Balaban J connectivity index is 2.45. The molecule has 2 rings (SSSR count). The number of anilines is 1. The summed E-state index contributed by atoms with van der Waals surface area (Å²) in [6, 6.07) is 11.4. The Labute approximate surface area is 214 Å². The molecule has 0 bridgehead atoms. The number of aryl methyl sites for hydroxylation is 3. The maximum atomic E-state index is 13.8. The van der Waals surface area contributed by atoms with Crippen LogP contribution in [0.3, 0.4) is 0 Å². The number of rotatable bonds is 8. The molecule has 0 aliphatic carbocycles. The van der Waals surface area contributed by atoms with Gasteiger partial charge in [0.05, 0.1) is 0 Å². The number of amides is 3. The maximum Gasteiger partial charge on any atom is 0.408 e. The van der Waals surface area contributed by atoms with E-state index in [0.29, 0.717) is 5.56 Å². The van der Waals surface area contributed by atoms with Gasteiger partial charge < -0.3 is 20.3 Å². The Kier molecular flexibility index (Phi) is 9.77. The van der Waals surface area contributed by atoms with E-state index in [4.69, 9.17) is 4.74 Å². The van der Waals surface area contributed by atoms with E-state index in [9.17, 15) is 14.4 Å². The van der Waals surface area contributed by atoms with E-state index in [1.807, 2.05) is 63.2 Å². The molecule has 8 heteroatoms. The van der Waals surface area contributed by atoms with Crippen molar-refractivity contribution in [1.82, 2.24) is 10.2 Å². The van der Waals surface area contributed by atoms with Crippen molar-refractivity contribution in [3.8, 4) is 0 Å². The lowest BCUT2D eigenvalue weighted by Gasteiger charge is -2.34. The third-order valence-corrected chi connectivity index (χ3v) is 5.93. The van der Waals surface area contributed by atoms with Crippen LogP contribution in [-0.4, -0.2) is 46.7 Å². The van der Waals surface area contributed by atoms with E-state index in [1.165, 1.54) is 4.90 Å². The molecular weight excluding hydrogens is 462 g/mol. The van der Waals surface area contributed by atoms with Crippen molar-refractivity contribution in [2.75, 3.05) is 17.6 Å². The summed E-state index contributed by atoms with van der Waals surface area (Å²) >= 11 is 4.29. The zero-order valence-electron chi connectivity index (χ0n) is 21.6. The van der Waals surface area contributed by atoms with Gasteiger partial charge in [-0.2, -0.15) is 12.6 Å². The van der Waals surface area contributed by atoms with Crippen LogP contribution in [0.5, 0.6) is 0 Å². The van der Waals surface area contributed by atoms with E-state index in [-0.39, 0.29) is 18.2 Å². The van der Waals surface area contributed by atoms with E-state index in [0.717, 1.165) is 22.4 Å². The van der Waals surface area contributed by atoms with Gasteiger partial charge in [-0.3, -0.25) is 9.59 Å². The van der Waals surface area contributed by atoms with E-state index in [1.54, 1.807) is 27.7 Å². The lowest BCUT2D eigenvalue weighted by Crippen LogP contribution is -2.53. The molecule has 0 heterocycles. The molecule has 0 saturated carbocycles. The Morgan fingerprint density at radius 3 is 2.06 bits per heavy atom. The van der Waals surface area contributed by atoms with Gasteiger partial charge in [0.1, 0.15) is 17.7 Å². The first-order chi connectivity index (χ1) is 16.4. The third-order valence-electron chi connectivity index (χ3n) is 5.57. The van der Waals surface area contributed by atoms with Crippen LogP contribution in [0.4, 0.5) is 10.5 Å². The molecule has 2 aromatic rings. The molecule has 0 radical (unpaired) electrons. The molecule has 190 valence electrons. The van der Waals surface area contributed by atoms with Gasteiger partial charge in [0, 0.05) is 18.0 Å². The van der Waals surface area contributed by atoms with Crippen molar-refractivity contribution in [3.63, 3.8) is 0 Å². The van der Waals surface area contributed by atoms with Crippen LogP contribution in [0.25, 0.3) is 0 Å². The molecule has 0 aliphatic heterocycles. The molecule has 0 fully saturated rings. The minimum atomic E-state index is -0.965. The summed E-state index contributed by atoms with van der Waals surface area (Å²) in [4.78, 5) is 41.3. The minimum Gasteiger partial charge on any atom is -0.444 e. The average Bonchev–Trinajstić information content (AvgIpc) is 2.77. The highest BCUT2D eigenvalue weighted by atomic mass is 32.1. The van der Waals surface area contributed by atoms with Crippen LogP contribution >= 0.6 is 12.6 Å². The lowest BCUT2D eigenvalue weighted by molar-refractivity contribution is -0.140. The number of ether oxygens (including phenoxy) is 1. The van der Waals surface area contributed by atoms with Crippen LogP contribution < -0.4 is 10.6 Å². The van der Waals surface area contributed by atoms with Gasteiger partial charge in [0.2, 0.25) is 5.91 Å². The van der Waals surface area contributed by atoms with Crippen molar-refractivity contribution >= 4 is 36.2 Å². The second-order valence-corrected chi connectivity index (χ2v) is 9.89. The number of hydrogen-bond donors (Lipinski definition) is 3. The van der Waals surface area contributed by atoms with E-state index in [2.05, 4.69) is 23.3 Å². The lowest BCUT2D eigenvalue weighted by atomic mass is 9.97. The minimum absolute atomic E-state index is 0.0492. The molecule has 2 atom stereocenters. The number of likely N-dealkylation sites (N-methyl/N-ethyl adjacent to an activating group) is 1. The van der Waals surface area contributed by atoms with Crippen LogP contribution in [0.2, 0.25) is 0 Å². The second kappa shape index (κ2) is 12.1. The molecule has 2 aromatic carbocycles. The second-order valence-electron chi connectivity index (χ2n) is 9.52. The van der Waals surface area contributed by atoms with Gasteiger partial charge in [0.25, 0.3) is 5.91 Å². The monoisotopic (exact) mass is 499 g/mol. The van der Waals surface area contributed by atoms with Gasteiger partial charge in [-0.15, -0.1) is 0 Å². The summed E-state index contributed by atoms with van der Waals surface area (Å²) in [5.74, 6) is -0.700. The molecule has 35 heavy (non-hydrogen) atoms. The fourth-order valence-electron chi connectivity index (χ4n) is 3.85.